The van der Waals surface area contributed by atoms with Crippen LogP contribution in [0.25, 0.3) is 0 Å². The number of ether oxygens (including phenoxy) is 1. The van der Waals surface area contributed by atoms with Crippen LogP contribution in [-0.4, -0.2) is 30.1 Å². The highest BCUT2D eigenvalue weighted by molar-refractivity contribution is 6.74. The van der Waals surface area contributed by atoms with Crippen molar-refractivity contribution >= 4 is 8.32 Å². The summed E-state index contributed by atoms with van der Waals surface area (Å²) in [5.74, 6) is 0.108. The molecule has 1 aliphatic heterocycles. The van der Waals surface area contributed by atoms with Crippen LogP contribution in [0, 0.1) is 5.92 Å². The van der Waals surface area contributed by atoms with Gasteiger partial charge in [0, 0.05) is 18.2 Å². The first-order valence-electron chi connectivity index (χ1n) is 9.04. The van der Waals surface area contributed by atoms with Crippen LogP contribution in [0.15, 0.2) is 21.8 Å². The van der Waals surface area contributed by atoms with Crippen molar-refractivity contribution in [1.82, 2.24) is 9.55 Å². The lowest BCUT2D eigenvalue weighted by atomic mass is 9.99. The molecule has 1 aromatic heterocycles. The van der Waals surface area contributed by atoms with E-state index in [-0.39, 0.29) is 29.2 Å². The fourth-order valence-corrected chi connectivity index (χ4v) is 4.16. The zero-order valence-electron chi connectivity index (χ0n) is 16.7. The molecule has 0 aliphatic carbocycles. The van der Waals surface area contributed by atoms with E-state index in [1.54, 1.807) is 0 Å². The van der Waals surface area contributed by atoms with E-state index in [4.69, 9.17) is 10.5 Å². The van der Waals surface area contributed by atoms with Gasteiger partial charge in [-0.05, 0) is 24.6 Å². The topological polar surface area (TPSA) is 73.3 Å². The summed E-state index contributed by atoms with van der Waals surface area (Å²) in [5.41, 5.74) is -1.26. The number of aromatic nitrogens is 2. The minimum atomic E-state index is -2.08. The van der Waals surface area contributed by atoms with Gasteiger partial charge in [-0.1, -0.05) is 34.6 Å². The Bertz CT molecular complexity index is 737. The Morgan fingerprint density at radius 2 is 2.04 bits per heavy atom. The summed E-state index contributed by atoms with van der Waals surface area (Å²) in [4.78, 5) is 26.0. The normalized spacial score (nSPS) is 28.9. The van der Waals surface area contributed by atoms with Crippen LogP contribution in [-0.2, 0) is 9.16 Å². The van der Waals surface area contributed by atoms with Crippen molar-refractivity contribution in [2.24, 2.45) is 5.92 Å². The Morgan fingerprint density at radius 1 is 1.42 bits per heavy atom. The fourth-order valence-electron chi connectivity index (χ4n) is 2.80. The van der Waals surface area contributed by atoms with Crippen molar-refractivity contribution in [2.45, 2.75) is 77.6 Å². The molecule has 1 unspecified atom stereocenters. The number of H-pyrrole nitrogens is 1. The van der Waals surface area contributed by atoms with Crippen LogP contribution >= 0.6 is 0 Å². The summed E-state index contributed by atoms with van der Waals surface area (Å²) in [6.07, 6.45) is 1.09. The molecule has 0 amide bonds. The van der Waals surface area contributed by atoms with Crippen molar-refractivity contribution in [3.8, 4) is 0 Å². The van der Waals surface area contributed by atoms with Crippen LogP contribution in [0.1, 0.15) is 48.6 Å². The van der Waals surface area contributed by atoms with Gasteiger partial charge in [0.25, 0.3) is 5.56 Å². The molecule has 0 bridgehead atoms. The van der Waals surface area contributed by atoms with Gasteiger partial charge >= 0.3 is 5.69 Å². The summed E-state index contributed by atoms with van der Waals surface area (Å²) in [6, 6.07) is -0.262. The molecule has 0 saturated carbocycles. The third kappa shape index (κ3) is 3.58. The van der Waals surface area contributed by atoms with Crippen LogP contribution in [0.2, 0.25) is 18.1 Å². The Hall–Kier alpha value is -1.18. The lowest BCUT2D eigenvalue weighted by Gasteiger charge is -2.40. The van der Waals surface area contributed by atoms with Gasteiger partial charge in [0.05, 0.1) is 13.6 Å². The Labute approximate surface area is 145 Å². The van der Waals surface area contributed by atoms with Crippen LogP contribution < -0.4 is 11.2 Å². The van der Waals surface area contributed by atoms with E-state index in [1.165, 1.54) is 10.8 Å². The highest BCUT2D eigenvalue weighted by atomic mass is 28.4. The van der Waals surface area contributed by atoms with E-state index >= 15 is 0 Å². The number of hydrogen-bond acceptors (Lipinski definition) is 4. The van der Waals surface area contributed by atoms with Crippen LogP contribution in [0.4, 0.5) is 0 Å². The molecule has 7 heteroatoms. The SMILES string of the molecule is [2H]c1cn([C@@H]2O[C@H](CC)C(C)[C@@H]2O[Si](C)(C)C(C)(C)C)c(=O)[nH]c1=O. The molecule has 1 aliphatic rings. The van der Waals surface area contributed by atoms with Gasteiger partial charge in [0.1, 0.15) is 0 Å². The van der Waals surface area contributed by atoms with Crippen molar-refractivity contribution in [1.29, 1.82) is 0 Å². The van der Waals surface area contributed by atoms with Crippen molar-refractivity contribution < 1.29 is 10.5 Å². The smallest absolute Gasteiger partial charge is 0.330 e. The second kappa shape index (κ2) is 6.61. The summed E-state index contributed by atoms with van der Waals surface area (Å²) in [6.45, 7) is 15.0. The first-order valence-corrected chi connectivity index (χ1v) is 11.4. The predicted molar refractivity (Wildman–Crippen MR) is 96.8 cm³/mol. The molecule has 1 N–H and O–H groups in total. The number of rotatable bonds is 4. The Balaban J connectivity index is 2.46. The molecular formula is C17H30N2O4Si. The van der Waals surface area contributed by atoms with Crippen LogP contribution in [0.5, 0.6) is 0 Å². The quantitative estimate of drug-likeness (QED) is 0.843. The minimum absolute atomic E-state index is 0.0259. The van der Waals surface area contributed by atoms with Gasteiger partial charge < -0.3 is 9.16 Å². The third-order valence-electron chi connectivity index (χ3n) is 5.40. The van der Waals surface area contributed by atoms with E-state index in [9.17, 15) is 9.59 Å². The van der Waals surface area contributed by atoms with Gasteiger partial charge in [-0.15, -0.1) is 0 Å². The van der Waals surface area contributed by atoms with E-state index in [2.05, 4.69) is 45.8 Å². The molecule has 0 aromatic carbocycles. The molecule has 0 spiro atoms. The van der Waals surface area contributed by atoms with E-state index in [0.29, 0.717) is 0 Å². The molecule has 0 radical (unpaired) electrons. The highest BCUT2D eigenvalue weighted by Gasteiger charge is 2.48. The second-order valence-corrected chi connectivity index (χ2v) is 12.9. The predicted octanol–water partition coefficient (Wildman–Crippen LogP) is 2.87. The van der Waals surface area contributed by atoms with Gasteiger partial charge in [-0.25, -0.2) is 4.79 Å². The average Bonchev–Trinajstić information content (AvgIpc) is 2.78. The van der Waals surface area contributed by atoms with Gasteiger partial charge in [0.2, 0.25) is 0 Å². The van der Waals surface area contributed by atoms with E-state index in [0.717, 1.165) is 6.42 Å². The number of hydrogen-bond donors (Lipinski definition) is 1. The first-order chi connectivity index (χ1) is 11.4. The van der Waals surface area contributed by atoms with Crippen molar-refractivity contribution in [3.63, 3.8) is 0 Å². The maximum Gasteiger partial charge on any atom is 0.330 e. The fraction of sp³-hybridized carbons (Fsp3) is 0.765. The zero-order chi connectivity index (χ0) is 19.2. The molecular weight excluding hydrogens is 324 g/mol. The molecule has 1 saturated heterocycles. The summed E-state index contributed by atoms with van der Waals surface area (Å²) in [5, 5.41) is 0.0259. The number of aromatic amines is 1. The number of nitrogens with zero attached hydrogens (tertiary/aromatic N) is 1. The average molecular weight is 356 g/mol. The largest absolute Gasteiger partial charge is 0.409 e. The van der Waals surface area contributed by atoms with Gasteiger partial charge in [-0.2, -0.15) is 0 Å². The lowest BCUT2D eigenvalue weighted by Crippen LogP contribution is -2.47. The van der Waals surface area contributed by atoms with E-state index in [1.807, 2.05) is 6.92 Å². The van der Waals surface area contributed by atoms with Gasteiger partial charge in [-0.3, -0.25) is 14.3 Å². The lowest BCUT2D eigenvalue weighted by molar-refractivity contribution is -0.0371. The monoisotopic (exact) mass is 355 g/mol. The molecule has 2 rings (SSSR count). The Morgan fingerprint density at radius 3 is 2.58 bits per heavy atom. The standard InChI is InChI=1S/C17H30N2O4Si/c1-8-12-11(2)14(23-24(6,7)17(3,4)5)15(22-12)19-10-9-13(20)18-16(19)21/h9-12,14-15H,8H2,1-7H3,(H,18,20,21)/t11?,12-,14+,15-/m1/s1/i9D. The molecule has 4 atom stereocenters. The summed E-state index contributed by atoms with van der Waals surface area (Å²) < 4.78 is 21.7. The first kappa shape index (κ1) is 17.6. The minimum Gasteiger partial charge on any atom is -0.409 e. The maximum atomic E-state index is 12.3. The number of nitrogens with one attached hydrogen (secondary N) is 1. The molecule has 136 valence electrons. The maximum absolute atomic E-state index is 12.3. The van der Waals surface area contributed by atoms with Crippen molar-refractivity contribution in [3.05, 3.63) is 33.1 Å². The molecule has 2 heterocycles. The van der Waals surface area contributed by atoms with Gasteiger partial charge in [0.15, 0.2) is 14.5 Å². The summed E-state index contributed by atoms with van der Waals surface area (Å²) >= 11 is 0. The third-order valence-corrected chi connectivity index (χ3v) is 9.88. The summed E-state index contributed by atoms with van der Waals surface area (Å²) in [7, 11) is -2.08. The van der Waals surface area contributed by atoms with Crippen molar-refractivity contribution in [2.75, 3.05) is 0 Å². The molecule has 6 nitrogen and oxygen atoms in total. The molecule has 24 heavy (non-hydrogen) atoms. The highest BCUT2D eigenvalue weighted by Crippen LogP contribution is 2.43. The second-order valence-electron chi connectivity index (χ2n) is 8.12. The van der Waals surface area contributed by atoms with Crippen LogP contribution in [0.3, 0.4) is 0 Å². The Kier molecular flexibility index (Phi) is 4.86. The molecule has 1 fully saturated rings. The van der Waals surface area contributed by atoms with E-state index < -0.39 is 25.8 Å². The molecule has 1 aromatic rings. The zero-order valence-corrected chi connectivity index (χ0v) is 16.7.